The van der Waals surface area contributed by atoms with E-state index in [1.54, 1.807) is 30.3 Å². The van der Waals surface area contributed by atoms with E-state index in [2.05, 4.69) is 5.10 Å². The van der Waals surface area contributed by atoms with E-state index in [-0.39, 0.29) is 11.6 Å². The average molecular weight is 351 g/mol. The summed E-state index contributed by atoms with van der Waals surface area (Å²) in [7, 11) is 0. The summed E-state index contributed by atoms with van der Waals surface area (Å²) in [5, 5.41) is 15.2. The van der Waals surface area contributed by atoms with Gasteiger partial charge < -0.3 is 4.74 Å². The standard InChI is InChI=1S/C19H17N3O4/c1-3-15-12-18(26-19(23)14-6-4-13(2)5-7-14)21(20-15)16-8-10-17(11-9-16)22(24)25/h4-12H,3H2,1-2H3. The lowest BCUT2D eigenvalue weighted by molar-refractivity contribution is -0.384. The van der Waals surface area contributed by atoms with Gasteiger partial charge in [0, 0.05) is 18.2 Å². The summed E-state index contributed by atoms with van der Waals surface area (Å²) in [6, 6.07) is 14.6. The van der Waals surface area contributed by atoms with Crippen LogP contribution in [0.3, 0.4) is 0 Å². The molecule has 3 aromatic rings. The highest BCUT2D eigenvalue weighted by Gasteiger charge is 2.16. The molecule has 7 heteroatoms. The number of ether oxygens (including phenoxy) is 1. The zero-order chi connectivity index (χ0) is 18.7. The summed E-state index contributed by atoms with van der Waals surface area (Å²) in [6.07, 6.45) is 0.662. The normalized spacial score (nSPS) is 10.5. The molecule has 0 N–H and O–H groups in total. The van der Waals surface area contributed by atoms with Crippen LogP contribution in [0.2, 0.25) is 0 Å². The van der Waals surface area contributed by atoms with Gasteiger partial charge in [0.25, 0.3) is 5.69 Å². The number of carbonyl (C=O) groups is 1. The predicted octanol–water partition coefficient (Wildman–Crippen LogP) is 3.87. The molecule has 0 saturated heterocycles. The van der Waals surface area contributed by atoms with Gasteiger partial charge in [0.2, 0.25) is 5.88 Å². The quantitative estimate of drug-likeness (QED) is 0.395. The average Bonchev–Trinajstić information content (AvgIpc) is 3.05. The van der Waals surface area contributed by atoms with E-state index in [1.165, 1.54) is 16.8 Å². The van der Waals surface area contributed by atoms with Crippen LogP contribution in [-0.2, 0) is 6.42 Å². The third-order valence-corrected chi connectivity index (χ3v) is 3.88. The van der Waals surface area contributed by atoms with E-state index >= 15 is 0 Å². The van der Waals surface area contributed by atoms with Gasteiger partial charge in [-0.2, -0.15) is 5.10 Å². The molecule has 1 aromatic heterocycles. The fourth-order valence-corrected chi connectivity index (χ4v) is 2.40. The number of hydrogen-bond acceptors (Lipinski definition) is 5. The highest BCUT2D eigenvalue weighted by atomic mass is 16.6. The van der Waals surface area contributed by atoms with Gasteiger partial charge >= 0.3 is 5.97 Å². The van der Waals surface area contributed by atoms with Crippen molar-refractivity contribution >= 4 is 11.7 Å². The molecular formula is C19H17N3O4. The van der Waals surface area contributed by atoms with Gasteiger partial charge in [0.15, 0.2) is 0 Å². The Hall–Kier alpha value is -3.48. The molecule has 132 valence electrons. The van der Waals surface area contributed by atoms with Gasteiger partial charge in [-0.3, -0.25) is 10.1 Å². The van der Waals surface area contributed by atoms with Crippen LogP contribution in [0, 0.1) is 17.0 Å². The minimum atomic E-state index is -0.490. The van der Waals surface area contributed by atoms with Crippen LogP contribution in [0.4, 0.5) is 5.69 Å². The first-order valence-corrected chi connectivity index (χ1v) is 8.10. The molecule has 0 aliphatic carbocycles. The maximum atomic E-state index is 12.4. The molecule has 0 amide bonds. The number of nitro groups is 1. The highest BCUT2D eigenvalue weighted by Crippen LogP contribution is 2.23. The molecule has 3 rings (SSSR count). The minimum absolute atomic E-state index is 0.0187. The first-order chi connectivity index (χ1) is 12.5. The first-order valence-electron chi connectivity index (χ1n) is 8.10. The second kappa shape index (κ2) is 7.18. The van der Waals surface area contributed by atoms with Crippen LogP contribution in [0.15, 0.2) is 54.6 Å². The largest absolute Gasteiger partial charge is 0.404 e. The number of rotatable bonds is 5. The van der Waals surface area contributed by atoms with Gasteiger partial charge in [-0.05, 0) is 37.6 Å². The molecule has 0 unspecified atom stereocenters. The summed E-state index contributed by atoms with van der Waals surface area (Å²) in [4.78, 5) is 22.7. The van der Waals surface area contributed by atoms with Crippen LogP contribution >= 0.6 is 0 Å². The first kappa shape index (κ1) is 17.3. The van der Waals surface area contributed by atoms with Crippen molar-refractivity contribution in [3.8, 4) is 11.6 Å². The van der Waals surface area contributed by atoms with Crippen LogP contribution in [0.25, 0.3) is 5.69 Å². The fourth-order valence-electron chi connectivity index (χ4n) is 2.40. The lowest BCUT2D eigenvalue weighted by atomic mass is 10.1. The second-order valence-corrected chi connectivity index (χ2v) is 5.77. The van der Waals surface area contributed by atoms with E-state index in [4.69, 9.17) is 4.74 Å². The topological polar surface area (TPSA) is 87.3 Å². The Morgan fingerprint density at radius 2 is 1.81 bits per heavy atom. The smallest absolute Gasteiger partial charge is 0.344 e. The summed E-state index contributed by atoms with van der Waals surface area (Å²) in [6.45, 7) is 3.88. The predicted molar refractivity (Wildman–Crippen MR) is 95.7 cm³/mol. The summed E-state index contributed by atoms with van der Waals surface area (Å²) in [5.41, 5.74) is 2.78. The van der Waals surface area contributed by atoms with Crippen LogP contribution in [-0.4, -0.2) is 20.7 Å². The number of benzene rings is 2. The van der Waals surface area contributed by atoms with Gasteiger partial charge in [0.05, 0.1) is 21.9 Å². The molecule has 1 heterocycles. The van der Waals surface area contributed by atoms with Crippen molar-refractivity contribution in [2.45, 2.75) is 20.3 Å². The number of nitrogens with zero attached hydrogens (tertiary/aromatic N) is 3. The summed E-state index contributed by atoms with van der Waals surface area (Å²) < 4.78 is 6.98. The van der Waals surface area contributed by atoms with Crippen molar-refractivity contribution in [1.29, 1.82) is 0 Å². The Bertz CT molecular complexity index is 944. The molecule has 0 saturated carbocycles. The van der Waals surface area contributed by atoms with Crippen molar-refractivity contribution in [3.63, 3.8) is 0 Å². The van der Waals surface area contributed by atoms with E-state index < -0.39 is 10.9 Å². The SMILES string of the molecule is CCc1cc(OC(=O)c2ccc(C)cc2)n(-c2ccc([N+](=O)[O-])cc2)n1. The van der Waals surface area contributed by atoms with Gasteiger partial charge in [-0.25, -0.2) is 9.48 Å². The lowest BCUT2D eigenvalue weighted by Crippen LogP contribution is -2.11. The van der Waals surface area contributed by atoms with Gasteiger partial charge in [-0.15, -0.1) is 0 Å². The molecule has 0 aliphatic rings. The monoisotopic (exact) mass is 351 g/mol. The van der Waals surface area contributed by atoms with E-state index in [0.29, 0.717) is 17.7 Å². The molecular weight excluding hydrogens is 334 g/mol. The number of aromatic nitrogens is 2. The third-order valence-electron chi connectivity index (χ3n) is 3.88. The Morgan fingerprint density at radius 1 is 1.15 bits per heavy atom. The van der Waals surface area contributed by atoms with Crippen LogP contribution < -0.4 is 4.74 Å². The second-order valence-electron chi connectivity index (χ2n) is 5.77. The number of nitro benzene ring substituents is 1. The molecule has 0 bridgehead atoms. The molecule has 7 nitrogen and oxygen atoms in total. The summed E-state index contributed by atoms with van der Waals surface area (Å²) in [5.74, 6) is -0.225. The number of aryl methyl sites for hydroxylation is 2. The van der Waals surface area contributed by atoms with Crippen molar-refractivity contribution in [3.05, 3.63) is 81.5 Å². The van der Waals surface area contributed by atoms with E-state index in [1.807, 2.05) is 26.0 Å². The van der Waals surface area contributed by atoms with Crippen LogP contribution in [0.5, 0.6) is 5.88 Å². The van der Waals surface area contributed by atoms with Gasteiger partial charge in [-0.1, -0.05) is 24.6 Å². The number of esters is 1. The highest BCUT2D eigenvalue weighted by molar-refractivity contribution is 5.91. The zero-order valence-corrected chi connectivity index (χ0v) is 14.4. The lowest BCUT2D eigenvalue weighted by Gasteiger charge is -2.08. The van der Waals surface area contributed by atoms with Crippen LogP contribution in [0.1, 0.15) is 28.5 Å². The molecule has 0 spiro atoms. The maximum Gasteiger partial charge on any atom is 0.344 e. The van der Waals surface area contributed by atoms with E-state index in [9.17, 15) is 14.9 Å². The minimum Gasteiger partial charge on any atom is -0.404 e. The molecule has 26 heavy (non-hydrogen) atoms. The Labute approximate surface area is 150 Å². The molecule has 0 atom stereocenters. The fraction of sp³-hybridized carbons (Fsp3) is 0.158. The summed E-state index contributed by atoms with van der Waals surface area (Å²) >= 11 is 0. The Kier molecular flexibility index (Phi) is 4.79. The van der Waals surface area contributed by atoms with E-state index in [0.717, 1.165) is 11.3 Å². The zero-order valence-electron chi connectivity index (χ0n) is 14.4. The van der Waals surface area contributed by atoms with Crippen molar-refractivity contribution in [1.82, 2.24) is 9.78 Å². The number of non-ortho nitro benzene ring substituents is 1. The molecule has 0 radical (unpaired) electrons. The van der Waals surface area contributed by atoms with Crippen molar-refractivity contribution < 1.29 is 14.5 Å². The Morgan fingerprint density at radius 3 is 2.38 bits per heavy atom. The molecule has 0 aliphatic heterocycles. The van der Waals surface area contributed by atoms with Crippen molar-refractivity contribution in [2.24, 2.45) is 0 Å². The molecule has 2 aromatic carbocycles. The van der Waals surface area contributed by atoms with Gasteiger partial charge in [0.1, 0.15) is 0 Å². The molecule has 0 fully saturated rings. The number of carbonyl (C=O) groups excluding carboxylic acids is 1. The van der Waals surface area contributed by atoms with Crippen molar-refractivity contribution in [2.75, 3.05) is 0 Å². The third kappa shape index (κ3) is 3.61. The maximum absolute atomic E-state index is 12.4. The number of hydrogen-bond donors (Lipinski definition) is 0. The Balaban J connectivity index is 1.92.